The molecule has 0 amide bonds. The highest BCUT2D eigenvalue weighted by Crippen LogP contribution is 2.31. The van der Waals surface area contributed by atoms with Gasteiger partial charge in [0.05, 0.1) is 17.5 Å². The molecule has 0 spiro atoms. The maximum atomic E-state index is 12.2. The molecule has 0 bridgehead atoms. The van der Waals surface area contributed by atoms with E-state index < -0.39 is 0 Å². The molecule has 0 atom stereocenters. The maximum absolute atomic E-state index is 12.2. The van der Waals surface area contributed by atoms with Gasteiger partial charge in [0.25, 0.3) is 0 Å². The number of nitrogens with zero attached hydrogens (tertiary/aromatic N) is 4. The van der Waals surface area contributed by atoms with Crippen LogP contribution in [0.5, 0.6) is 0 Å². The monoisotopic (exact) mass is 316 g/mol. The van der Waals surface area contributed by atoms with E-state index in [9.17, 15) is 4.79 Å². The fraction of sp³-hybridized carbons (Fsp3) is 0.500. The van der Waals surface area contributed by atoms with E-state index in [2.05, 4.69) is 23.9 Å². The van der Waals surface area contributed by atoms with Crippen LogP contribution in [0.15, 0.2) is 11.2 Å². The second kappa shape index (κ2) is 5.83. The van der Waals surface area contributed by atoms with E-state index in [4.69, 9.17) is 4.98 Å². The summed E-state index contributed by atoms with van der Waals surface area (Å²) in [7, 11) is 0. The molecule has 116 valence electrons. The zero-order valence-corrected chi connectivity index (χ0v) is 14.2. The first-order valence-corrected chi connectivity index (χ1v) is 8.78. The number of ketones is 1. The molecule has 3 rings (SSSR count). The molecule has 2 heterocycles. The summed E-state index contributed by atoms with van der Waals surface area (Å²) in [6.45, 7) is 6.20. The van der Waals surface area contributed by atoms with Gasteiger partial charge < -0.3 is 0 Å². The van der Waals surface area contributed by atoms with Gasteiger partial charge >= 0.3 is 0 Å². The molecule has 2 aromatic rings. The van der Waals surface area contributed by atoms with Crippen molar-refractivity contribution < 1.29 is 4.79 Å². The van der Waals surface area contributed by atoms with Crippen LogP contribution in [-0.2, 0) is 6.42 Å². The van der Waals surface area contributed by atoms with Crippen LogP contribution in [0.25, 0.3) is 11.5 Å². The fourth-order valence-electron chi connectivity index (χ4n) is 2.86. The number of hydrogen-bond acceptors (Lipinski definition) is 5. The summed E-state index contributed by atoms with van der Waals surface area (Å²) in [6, 6.07) is 0.239. The zero-order chi connectivity index (χ0) is 15.9. The highest BCUT2D eigenvalue weighted by molar-refractivity contribution is 7.98. The van der Waals surface area contributed by atoms with Gasteiger partial charge in [-0.25, -0.2) is 9.97 Å². The second-order valence-corrected chi connectivity index (χ2v) is 6.66. The maximum Gasteiger partial charge on any atom is 0.179 e. The summed E-state index contributed by atoms with van der Waals surface area (Å²) in [4.78, 5) is 21.6. The largest absolute Gasteiger partial charge is 0.294 e. The lowest BCUT2D eigenvalue weighted by Crippen LogP contribution is -2.17. The molecule has 0 unspecified atom stereocenters. The van der Waals surface area contributed by atoms with Crippen LogP contribution < -0.4 is 0 Å². The quantitative estimate of drug-likeness (QED) is 0.641. The average Bonchev–Trinajstić information content (AvgIpc) is 2.88. The van der Waals surface area contributed by atoms with Gasteiger partial charge in [0.2, 0.25) is 0 Å². The summed E-state index contributed by atoms with van der Waals surface area (Å²) in [5, 5.41) is 5.23. The predicted octanol–water partition coefficient (Wildman–Crippen LogP) is 3.47. The van der Waals surface area contributed by atoms with Crippen LogP contribution in [-0.4, -0.2) is 31.8 Å². The summed E-state index contributed by atoms with van der Waals surface area (Å²) in [5.41, 5.74) is 3.63. The van der Waals surface area contributed by atoms with Gasteiger partial charge in [-0.3, -0.25) is 9.48 Å². The lowest BCUT2D eigenvalue weighted by molar-refractivity contribution is 0.0967. The lowest BCUT2D eigenvalue weighted by Gasteiger charge is -2.18. The molecule has 22 heavy (non-hydrogen) atoms. The number of aryl methyl sites for hydroxylation is 2. The Kier molecular flexibility index (Phi) is 4.04. The number of aromatic nitrogens is 4. The van der Waals surface area contributed by atoms with Gasteiger partial charge in [0.15, 0.2) is 11.6 Å². The number of carbonyl (C=O) groups is 1. The Bertz CT molecular complexity index is 719. The van der Waals surface area contributed by atoms with Crippen molar-refractivity contribution in [3.05, 3.63) is 23.0 Å². The van der Waals surface area contributed by atoms with Crippen LogP contribution in [0, 0.1) is 6.92 Å². The SMILES string of the molecule is CSc1nc(-c2c(C)cnn2C(C)C)nc2c1C(=O)CCC2. The average molecular weight is 316 g/mol. The number of carbonyl (C=O) groups excluding carboxylic acids is 1. The minimum Gasteiger partial charge on any atom is -0.294 e. The third-order valence-electron chi connectivity index (χ3n) is 3.92. The van der Waals surface area contributed by atoms with E-state index in [1.165, 1.54) is 11.8 Å². The minimum absolute atomic E-state index is 0.172. The summed E-state index contributed by atoms with van der Waals surface area (Å²) in [5.74, 6) is 0.854. The van der Waals surface area contributed by atoms with Gasteiger partial charge in [0, 0.05) is 12.5 Å². The van der Waals surface area contributed by atoms with Crippen molar-refractivity contribution in [2.45, 2.75) is 51.1 Å². The first-order chi connectivity index (χ1) is 10.5. The van der Waals surface area contributed by atoms with Crippen LogP contribution >= 0.6 is 11.8 Å². The molecule has 0 fully saturated rings. The smallest absolute Gasteiger partial charge is 0.179 e. The van der Waals surface area contributed by atoms with E-state index in [0.717, 1.165) is 40.4 Å². The molecule has 5 nitrogen and oxygen atoms in total. The van der Waals surface area contributed by atoms with Gasteiger partial charge in [-0.2, -0.15) is 5.10 Å². The summed E-state index contributed by atoms with van der Waals surface area (Å²) in [6.07, 6.45) is 6.13. The van der Waals surface area contributed by atoms with Gasteiger partial charge in [-0.05, 0) is 45.4 Å². The molecule has 0 saturated carbocycles. The lowest BCUT2D eigenvalue weighted by atomic mass is 9.96. The molecular weight excluding hydrogens is 296 g/mol. The van der Waals surface area contributed by atoms with Gasteiger partial charge in [0.1, 0.15) is 10.7 Å². The first kappa shape index (κ1) is 15.2. The molecule has 0 saturated heterocycles. The second-order valence-electron chi connectivity index (χ2n) is 5.87. The number of Topliss-reactive ketones (excluding diaryl/α,β-unsaturated/α-hetero) is 1. The van der Waals surface area contributed by atoms with Crippen molar-refractivity contribution in [2.24, 2.45) is 0 Å². The van der Waals surface area contributed by atoms with Crippen molar-refractivity contribution in [1.29, 1.82) is 0 Å². The Morgan fingerprint density at radius 3 is 2.73 bits per heavy atom. The summed E-state index contributed by atoms with van der Waals surface area (Å²) < 4.78 is 1.95. The van der Waals surface area contributed by atoms with Crippen molar-refractivity contribution >= 4 is 17.5 Å². The first-order valence-electron chi connectivity index (χ1n) is 7.55. The Labute approximate surface area is 134 Å². The number of fused-ring (bicyclic) bond motifs is 1. The normalized spacial score (nSPS) is 14.5. The molecule has 0 N–H and O–H groups in total. The number of rotatable bonds is 3. The predicted molar refractivity (Wildman–Crippen MR) is 87.4 cm³/mol. The number of hydrogen-bond donors (Lipinski definition) is 0. The van der Waals surface area contributed by atoms with Crippen LogP contribution in [0.1, 0.15) is 54.3 Å². The molecule has 0 aromatic carbocycles. The van der Waals surface area contributed by atoms with E-state index in [1.54, 1.807) is 0 Å². The minimum atomic E-state index is 0.172. The highest BCUT2D eigenvalue weighted by Gasteiger charge is 2.26. The Balaban J connectivity index is 2.21. The molecule has 0 aliphatic heterocycles. The Morgan fingerprint density at radius 1 is 1.27 bits per heavy atom. The van der Waals surface area contributed by atoms with E-state index in [-0.39, 0.29) is 11.8 Å². The Hall–Kier alpha value is -1.69. The third-order valence-corrected chi connectivity index (χ3v) is 4.60. The molecule has 2 aromatic heterocycles. The van der Waals surface area contributed by atoms with E-state index >= 15 is 0 Å². The van der Waals surface area contributed by atoms with Crippen molar-refractivity contribution in [3.8, 4) is 11.5 Å². The standard InChI is InChI=1S/C16H20N4OS/c1-9(2)20-14(10(3)8-17-20)15-18-11-6-5-7-12(21)13(11)16(19-15)22-4/h8-9H,5-7H2,1-4H3. The van der Waals surface area contributed by atoms with E-state index in [0.29, 0.717) is 12.2 Å². The third kappa shape index (κ3) is 2.45. The van der Waals surface area contributed by atoms with Crippen LogP contribution in [0.3, 0.4) is 0 Å². The molecule has 0 radical (unpaired) electrons. The zero-order valence-electron chi connectivity index (χ0n) is 13.4. The van der Waals surface area contributed by atoms with Crippen LogP contribution in [0.2, 0.25) is 0 Å². The van der Waals surface area contributed by atoms with Gasteiger partial charge in [-0.1, -0.05) is 0 Å². The molecule has 6 heteroatoms. The van der Waals surface area contributed by atoms with E-state index in [1.807, 2.05) is 24.1 Å². The topological polar surface area (TPSA) is 60.7 Å². The summed E-state index contributed by atoms with van der Waals surface area (Å²) >= 11 is 1.52. The highest BCUT2D eigenvalue weighted by atomic mass is 32.2. The van der Waals surface area contributed by atoms with Crippen molar-refractivity contribution in [2.75, 3.05) is 6.26 Å². The van der Waals surface area contributed by atoms with Gasteiger partial charge in [-0.15, -0.1) is 11.8 Å². The molecule has 1 aliphatic carbocycles. The number of thioether (sulfide) groups is 1. The molecular formula is C16H20N4OS. The van der Waals surface area contributed by atoms with Crippen LogP contribution in [0.4, 0.5) is 0 Å². The van der Waals surface area contributed by atoms with Crippen molar-refractivity contribution in [3.63, 3.8) is 0 Å². The Morgan fingerprint density at radius 2 is 2.05 bits per heavy atom. The van der Waals surface area contributed by atoms with Crippen molar-refractivity contribution in [1.82, 2.24) is 19.7 Å². The fourth-order valence-corrected chi connectivity index (χ4v) is 3.47. The molecule has 1 aliphatic rings.